The number of anilines is 1. The highest BCUT2D eigenvalue weighted by atomic mass is 35.5. The summed E-state index contributed by atoms with van der Waals surface area (Å²) in [5, 5.41) is 0.141. The summed E-state index contributed by atoms with van der Waals surface area (Å²) in [7, 11) is 0. The predicted octanol–water partition coefficient (Wildman–Crippen LogP) is 3.14. The maximum absolute atomic E-state index is 12.5. The van der Waals surface area contributed by atoms with Crippen LogP contribution in [0.3, 0.4) is 0 Å². The predicted molar refractivity (Wildman–Crippen MR) is 65.8 cm³/mol. The van der Waals surface area contributed by atoms with Crippen LogP contribution in [0.25, 0.3) is 0 Å². The minimum Gasteiger partial charge on any atom is -0.370 e. The van der Waals surface area contributed by atoms with Crippen LogP contribution in [-0.4, -0.2) is 19.6 Å². The molecule has 1 saturated heterocycles. The Bertz CT molecular complexity index is 434. The lowest BCUT2D eigenvalue weighted by Gasteiger charge is -2.20. The Morgan fingerprint density at radius 3 is 2.61 bits per heavy atom. The average molecular weight is 279 g/mol. The van der Waals surface area contributed by atoms with Gasteiger partial charge in [0.2, 0.25) is 0 Å². The Hall–Kier alpha value is -0.940. The van der Waals surface area contributed by atoms with Gasteiger partial charge in [-0.3, -0.25) is 0 Å². The topological polar surface area (TPSA) is 29.3 Å². The lowest BCUT2D eigenvalue weighted by molar-refractivity contribution is -0.137. The van der Waals surface area contributed by atoms with E-state index in [9.17, 15) is 13.2 Å². The zero-order valence-corrected chi connectivity index (χ0v) is 10.4. The van der Waals surface area contributed by atoms with Gasteiger partial charge in [-0.05, 0) is 37.1 Å². The molecule has 0 radical (unpaired) electrons. The van der Waals surface area contributed by atoms with Crippen LogP contribution in [0.4, 0.5) is 18.9 Å². The minimum absolute atomic E-state index is 0.141. The van der Waals surface area contributed by atoms with E-state index in [1.165, 1.54) is 6.07 Å². The lowest BCUT2D eigenvalue weighted by Crippen LogP contribution is -2.23. The third-order valence-corrected chi connectivity index (χ3v) is 3.54. The molecule has 0 amide bonds. The molecule has 1 aromatic rings. The first kappa shape index (κ1) is 13.5. The smallest absolute Gasteiger partial charge is 0.370 e. The van der Waals surface area contributed by atoms with Gasteiger partial charge in [-0.15, -0.1) is 0 Å². The van der Waals surface area contributed by atoms with Crippen molar-refractivity contribution in [3.8, 4) is 0 Å². The van der Waals surface area contributed by atoms with Crippen molar-refractivity contribution in [2.24, 2.45) is 11.7 Å². The largest absolute Gasteiger partial charge is 0.416 e. The molecule has 1 fully saturated rings. The van der Waals surface area contributed by atoms with E-state index in [1.807, 2.05) is 4.90 Å². The first-order valence-corrected chi connectivity index (χ1v) is 6.11. The van der Waals surface area contributed by atoms with E-state index in [0.29, 0.717) is 18.2 Å². The number of hydrogen-bond acceptors (Lipinski definition) is 2. The van der Waals surface area contributed by atoms with Crippen molar-refractivity contribution in [3.05, 3.63) is 28.8 Å². The molecule has 6 heteroatoms. The standard InChI is InChI=1S/C12H14ClF3N2/c13-10-5-9(12(14,15)16)1-2-11(10)18-4-3-8(6-17)7-18/h1-2,5,8H,3-4,6-7,17H2. The SMILES string of the molecule is NCC1CCN(c2ccc(C(F)(F)F)cc2Cl)C1. The Morgan fingerprint density at radius 1 is 1.39 bits per heavy atom. The molecule has 1 aromatic carbocycles. The number of rotatable bonds is 2. The summed E-state index contributed by atoms with van der Waals surface area (Å²) in [5.41, 5.74) is 5.52. The number of benzene rings is 1. The van der Waals surface area contributed by atoms with Gasteiger partial charge in [-0.25, -0.2) is 0 Å². The quantitative estimate of drug-likeness (QED) is 0.900. The van der Waals surface area contributed by atoms with Crippen LogP contribution >= 0.6 is 11.6 Å². The molecular formula is C12H14ClF3N2. The maximum Gasteiger partial charge on any atom is 0.416 e. The van der Waals surface area contributed by atoms with Crippen LogP contribution in [-0.2, 0) is 6.18 Å². The zero-order chi connectivity index (χ0) is 13.3. The molecule has 18 heavy (non-hydrogen) atoms. The highest BCUT2D eigenvalue weighted by Crippen LogP contribution is 2.36. The van der Waals surface area contributed by atoms with Gasteiger partial charge < -0.3 is 10.6 Å². The fourth-order valence-electron chi connectivity index (χ4n) is 2.18. The van der Waals surface area contributed by atoms with Crippen molar-refractivity contribution in [3.63, 3.8) is 0 Å². The molecular weight excluding hydrogens is 265 g/mol. The van der Waals surface area contributed by atoms with E-state index >= 15 is 0 Å². The Morgan fingerprint density at radius 2 is 2.11 bits per heavy atom. The second-order valence-corrected chi connectivity index (χ2v) is 4.91. The Kier molecular flexibility index (Phi) is 3.73. The summed E-state index contributed by atoms with van der Waals surface area (Å²) in [6, 6.07) is 3.48. The number of nitrogens with zero attached hydrogens (tertiary/aromatic N) is 1. The monoisotopic (exact) mass is 278 g/mol. The number of halogens is 4. The Balaban J connectivity index is 2.21. The summed E-state index contributed by atoms with van der Waals surface area (Å²) in [5.74, 6) is 0.392. The van der Waals surface area contributed by atoms with Gasteiger partial charge in [0, 0.05) is 13.1 Å². The fraction of sp³-hybridized carbons (Fsp3) is 0.500. The summed E-state index contributed by atoms with van der Waals surface area (Å²) in [6.45, 7) is 2.13. The summed E-state index contributed by atoms with van der Waals surface area (Å²) < 4.78 is 37.5. The molecule has 1 aliphatic rings. The fourth-order valence-corrected chi connectivity index (χ4v) is 2.48. The van der Waals surface area contributed by atoms with E-state index in [2.05, 4.69) is 0 Å². The molecule has 100 valence electrons. The van der Waals surface area contributed by atoms with E-state index in [1.54, 1.807) is 0 Å². The van der Waals surface area contributed by atoms with Gasteiger partial charge >= 0.3 is 6.18 Å². The molecule has 0 saturated carbocycles. The van der Waals surface area contributed by atoms with E-state index in [0.717, 1.165) is 31.6 Å². The van der Waals surface area contributed by atoms with E-state index in [-0.39, 0.29) is 5.02 Å². The van der Waals surface area contributed by atoms with Crippen LogP contribution in [0.1, 0.15) is 12.0 Å². The first-order valence-electron chi connectivity index (χ1n) is 5.73. The van der Waals surface area contributed by atoms with Crippen molar-refractivity contribution in [2.45, 2.75) is 12.6 Å². The third kappa shape index (κ3) is 2.72. The molecule has 2 rings (SSSR count). The molecule has 1 atom stereocenters. The summed E-state index contributed by atoms with van der Waals surface area (Å²) in [4.78, 5) is 1.99. The molecule has 0 spiro atoms. The Labute approximate surface area is 109 Å². The number of hydrogen-bond donors (Lipinski definition) is 1. The van der Waals surface area contributed by atoms with E-state index < -0.39 is 11.7 Å². The highest BCUT2D eigenvalue weighted by Gasteiger charge is 2.31. The molecule has 1 heterocycles. The third-order valence-electron chi connectivity index (χ3n) is 3.23. The van der Waals surface area contributed by atoms with Crippen molar-refractivity contribution in [1.29, 1.82) is 0 Å². The van der Waals surface area contributed by atoms with Crippen LogP contribution in [0.15, 0.2) is 18.2 Å². The molecule has 0 aromatic heterocycles. The van der Waals surface area contributed by atoms with Crippen LogP contribution in [0.2, 0.25) is 5.02 Å². The summed E-state index contributed by atoms with van der Waals surface area (Å²) in [6.07, 6.45) is -3.40. The molecule has 0 aliphatic carbocycles. The second-order valence-electron chi connectivity index (χ2n) is 4.50. The minimum atomic E-state index is -4.35. The van der Waals surface area contributed by atoms with Gasteiger partial charge in [0.05, 0.1) is 16.3 Å². The molecule has 0 bridgehead atoms. The number of alkyl halides is 3. The number of nitrogens with two attached hydrogens (primary N) is 1. The maximum atomic E-state index is 12.5. The van der Waals surface area contributed by atoms with Crippen LogP contribution in [0.5, 0.6) is 0 Å². The first-order chi connectivity index (χ1) is 8.41. The molecule has 1 aliphatic heterocycles. The second kappa shape index (κ2) is 4.97. The van der Waals surface area contributed by atoms with Crippen molar-refractivity contribution < 1.29 is 13.2 Å². The van der Waals surface area contributed by atoms with Gasteiger partial charge in [0.1, 0.15) is 0 Å². The summed E-state index contributed by atoms with van der Waals surface area (Å²) >= 11 is 5.93. The normalized spacial score (nSPS) is 20.5. The highest BCUT2D eigenvalue weighted by molar-refractivity contribution is 6.33. The van der Waals surface area contributed by atoms with Gasteiger partial charge in [-0.2, -0.15) is 13.2 Å². The lowest BCUT2D eigenvalue weighted by atomic mass is 10.1. The van der Waals surface area contributed by atoms with Crippen molar-refractivity contribution >= 4 is 17.3 Å². The van der Waals surface area contributed by atoms with Crippen LogP contribution in [0, 0.1) is 5.92 Å². The molecule has 2 nitrogen and oxygen atoms in total. The van der Waals surface area contributed by atoms with Gasteiger partial charge in [0.25, 0.3) is 0 Å². The van der Waals surface area contributed by atoms with Crippen molar-refractivity contribution in [1.82, 2.24) is 0 Å². The van der Waals surface area contributed by atoms with E-state index in [4.69, 9.17) is 17.3 Å². The molecule has 2 N–H and O–H groups in total. The molecule has 1 unspecified atom stereocenters. The average Bonchev–Trinajstić information content (AvgIpc) is 2.76. The van der Waals surface area contributed by atoms with Crippen LogP contribution < -0.4 is 10.6 Å². The van der Waals surface area contributed by atoms with Gasteiger partial charge in [0.15, 0.2) is 0 Å². The van der Waals surface area contributed by atoms with Gasteiger partial charge in [-0.1, -0.05) is 11.6 Å². The van der Waals surface area contributed by atoms with Crippen molar-refractivity contribution in [2.75, 3.05) is 24.5 Å². The zero-order valence-electron chi connectivity index (χ0n) is 9.67.